The van der Waals surface area contributed by atoms with Crippen LogP contribution < -0.4 is 0 Å². The summed E-state index contributed by atoms with van der Waals surface area (Å²) in [5, 5.41) is 1.08. The van der Waals surface area contributed by atoms with Crippen molar-refractivity contribution in [2.75, 3.05) is 20.8 Å². The third-order valence-corrected chi connectivity index (χ3v) is 3.10. The van der Waals surface area contributed by atoms with E-state index in [4.69, 9.17) is 14.2 Å². The van der Waals surface area contributed by atoms with E-state index < -0.39 is 6.29 Å². The molecule has 1 aromatic carbocycles. The van der Waals surface area contributed by atoms with E-state index in [1.54, 1.807) is 14.2 Å². The molecular formula is C15H15NO3. The molecule has 1 aromatic heterocycles. The summed E-state index contributed by atoms with van der Waals surface area (Å²) in [5.41, 5.74) is 2.79. The summed E-state index contributed by atoms with van der Waals surface area (Å²) < 4.78 is 16.2. The number of nitrogens with zero attached hydrogens (tertiary/aromatic N) is 1. The highest BCUT2D eigenvalue weighted by molar-refractivity contribution is 5.81. The highest BCUT2D eigenvalue weighted by Crippen LogP contribution is 2.32. The van der Waals surface area contributed by atoms with Gasteiger partial charge in [-0.05, 0) is 12.1 Å². The van der Waals surface area contributed by atoms with E-state index in [1.807, 2.05) is 30.3 Å². The Kier molecular flexibility index (Phi) is 3.19. The second-order valence-corrected chi connectivity index (χ2v) is 4.38. The molecular weight excluding hydrogens is 242 g/mol. The SMILES string of the molecule is COCC1=Cc2nc3ccccc3cc2C(OC)O1. The van der Waals surface area contributed by atoms with E-state index in [1.165, 1.54) is 0 Å². The molecule has 0 saturated heterocycles. The molecule has 4 heteroatoms. The van der Waals surface area contributed by atoms with Crippen LogP contribution in [-0.2, 0) is 14.2 Å². The number of ether oxygens (including phenoxy) is 3. The van der Waals surface area contributed by atoms with Gasteiger partial charge in [0.25, 0.3) is 0 Å². The van der Waals surface area contributed by atoms with E-state index in [-0.39, 0.29) is 0 Å². The van der Waals surface area contributed by atoms with E-state index >= 15 is 0 Å². The van der Waals surface area contributed by atoms with Crippen LogP contribution in [0.25, 0.3) is 17.0 Å². The van der Waals surface area contributed by atoms with Crippen LogP contribution in [0.2, 0.25) is 0 Å². The predicted octanol–water partition coefficient (Wildman–Crippen LogP) is 2.90. The maximum absolute atomic E-state index is 5.73. The minimum absolute atomic E-state index is 0.411. The van der Waals surface area contributed by atoms with Crippen LogP contribution in [0.15, 0.2) is 36.1 Å². The van der Waals surface area contributed by atoms with Gasteiger partial charge in [-0.2, -0.15) is 0 Å². The molecule has 3 rings (SSSR count). The molecule has 4 nitrogen and oxygen atoms in total. The van der Waals surface area contributed by atoms with Crippen molar-refractivity contribution in [1.82, 2.24) is 4.98 Å². The average Bonchev–Trinajstić information content (AvgIpc) is 2.44. The molecule has 0 fully saturated rings. The number of benzene rings is 1. The fourth-order valence-corrected chi connectivity index (χ4v) is 2.23. The molecule has 0 saturated carbocycles. The Morgan fingerprint density at radius 3 is 2.89 bits per heavy atom. The monoisotopic (exact) mass is 257 g/mol. The van der Waals surface area contributed by atoms with Gasteiger partial charge in [-0.1, -0.05) is 18.2 Å². The molecule has 1 aliphatic rings. The first-order valence-corrected chi connectivity index (χ1v) is 6.10. The van der Waals surface area contributed by atoms with Gasteiger partial charge in [-0.25, -0.2) is 4.98 Å². The number of pyridine rings is 1. The average molecular weight is 257 g/mol. The molecule has 0 radical (unpaired) electrons. The third-order valence-electron chi connectivity index (χ3n) is 3.10. The molecule has 19 heavy (non-hydrogen) atoms. The molecule has 0 spiro atoms. The molecule has 1 unspecified atom stereocenters. The van der Waals surface area contributed by atoms with Gasteiger partial charge in [0.05, 0.1) is 11.2 Å². The lowest BCUT2D eigenvalue weighted by Gasteiger charge is -2.25. The van der Waals surface area contributed by atoms with Gasteiger partial charge < -0.3 is 14.2 Å². The summed E-state index contributed by atoms with van der Waals surface area (Å²) in [7, 11) is 3.26. The van der Waals surface area contributed by atoms with Gasteiger partial charge in [-0.15, -0.1) is 0 Å². The molecule has 0 aliphatic carbocycles. The number of rotatable bonds is 3. The molecule has 2 aromatic rings. The highest BCUT2D eigenvalue weighted by Gasteiger charge is 2.23. The highest BCUT2D eigenvalue weighted by atomic mass is 16.7. The lowest BCUT2D eigenvalue weighted by Crippen LogP contribution is -2.15. The van der Waals surface area contributed by atoms with E-state index in [9.17, 15) is 0 Å². The lowest BCUT2D eigenvalue weighted by molar-refractivity contribution is -0.107. The summed E-state index contributed by atoms with van der Waals surface area (Å²) in [5.74, 6) is 0.727. The topological polar surface area (TPSA) is 40.6 Å². The van der Waals surface area contributed by atoms with Crippen LogP contribution in [0, 0.1) is 0 Å². The number of methoxy groups -OCH3 is 2. The quantitative estimate of drug-likeness (QED) is 0.847. The molecule has 1 atom stereocenters. The number of aromatic nitrogens is 1. The summed E-state index contributed by atoms with van der Waals surface area (Å²) in [6.45, 7) is 0.411. The van der Waals surface area contributed by atoms with Crippen molar-refractivity contribution in [3.63, 3.8) is 0 Å². The smallest absolute Gasteiger partial charge is 0.228 e. The van der Waals surface area contributed by atoms with Gasteiger partial charge in [0.15, 0.2) is 0 Å². The van der Waals surface area contributed by atoms with Crippen molar-refractivity contribution in [3.8, 4) is 0 Å². The second-order valence-electron chi connectivity index (χ2n) is 4.38. The maximum Gasteiger partial charge on any atom is 0.228 e. The van der Waals surface area contributed by atoms with Crippen molar-refractivity contribution >= 4 is 17.0 Å². The van der Waals surface area contributed by atoms with Crippen LogP contribution in [-0.4, -0.2) is 25.8 Å². The zero-order chi connectivity index (χ0) is 13.2. The van der Waals surface area contributed by atoms with Gasteiger partial charge in [0, 0.05) is 31.2 Å². The third kappa shape index (κ3) is 2.20. The maximum atomic E-state index is 5.73. The molecule has 2 heterocycles. The first kappa shape index (κ1) is 12.1. The number of fused-ring (bicyclic) bond motifs is 2. The Labute approximate surface area is 111 Å². The Bertz CT molecular complexity index is 636. The predicted molar refractivity (Wildman–Crippen MR) is 72.4 cm³/mol. The van der Waals surface area contributed by atoms with E-state index in [0.717, 1.165) is 27.9 Å². The van der Waals surface area contributed by atoms with Crippen molar-refractivity contribution < 1.29 is 14.2 Å². The van der Waals surface area contributed by atoms with Crippen LogP contribution in [0.5, 0.6) is 0 Å². The van der Waals surface area contributed by atoms with Crippen LogP contribution >= 0.6 is 0 Å². The summed E-state index contributed by atoms with van der Waals surface area (Å²) >= 11 is 0. The Morgan fingerprint density at radius 1 is 1.26 bits per heavy atom. The second kappa shape index (κ2) is 4.99. The molecule has 98 valence electrons. The summed E-state index contributed by atoms with van der Waals surface area (Å²) in [4.78, 5) is 4.65. The standard InChI is InChI=1S/C15H15NO3/c1-17-9-11-8-14-12(15(18-2)19-11)7-10-5-3-4-6-13(10)16-14/h3-8,15H,9H2,1-2H3. The van der Waals surface area contributed by atoms with Crippen LogP contribution in [0.1, 0.15) is 17.5 Å². The molecule has 0 bridgehead atoms. The Hall–Kier alpha value is -1.91. The molecule has 0 amide bonds. The lowest BCUT2D eigenvalue weighted by atomic mass is 10.1. The van der Waals surface area contributed by atoms with Gasteiger partial charge in [0.1, 0.15) is 12.4 Å². The summed E-state index contributed by atoms with van der Waals surface area (Å²) in [6.07, 6.45) is 1.48. The van der Waals surface area contributed by atoms with Crippen molar-refractivity contribution in [2.24, 2.45) is 0 Å². The van der Waals surface area contributed by atoms with Crippen molar-refractivity contribution in [2.45, 2.75) is 6.29 Å². The van der Waals surface area contributed by atoms with Crippen LogP contribution in [0.4, 0.5) is 0 Å². The first-order valence-electron chi connectivity index (χ1n) is 6.10. The minimum Gasteiger partial charge on any atom is -0.462 e. The van der Waals surface area contributed by atoms with Crippen LogP contribution in [0.3, 0.4) is 0 Å². The summed E-state index contributed by atoms with van der Waals surface area (Å²) in [6, 6.07) is 10.1. The number of para-hydroxylation sites is 1. The normalized spacial score (nSPS) is 17.8. The number of hydrogen-bond donors (Lipinski definition) is 0. The number of hydrogen-bond acceptors (Lipinski definition) is 4. The minimum atomic E-state index is -0.428. The van der Waals surface area contributed by atoms with E-state index in [2.05, 4.69) is 11.1 Å². The van der Waals surface area contributed by atoms with Gasteiger partial charge in [-0.3, -0.25) is 0 Å². The first-order chi connectivity index (χ1) is 9.31. The Balaban J connectivity index is 2.15. The van der Waals surface area contributed by atoms with Crippen molar-refractivity contribution in [3.05, 3.63) is 47.3 Å². The zero-order valence-corrected chi connectivity index (χ0v) is 10.9. The van der Waals surface area contributed by atoms with Gasteiger partial charge in [0.2, 0.25) is 6.29 Å². The fraction of sp³-hybridized carbons (Fsp3) is 0.267. The molecule has 0 N–H and O–H groups in total. The van der Waals surface area contributed by atoms with Gasteiger partial charge >= 0.3 is 0 Å². The largest absolute Gasteiger partial charge is 0.462 e. The van der Waals surface area contributed by atoms with E-state index in [0.29, 0.717) is 6.61 Å². The fourth-order valence-electron chi connectivity index (χ4n) is 2.23. The zero-order valence-electron chi connectivity index (χ0n) is 10.9. The van der Waals surface area contributed by atoms with Crippen molar-refractivity contribution in [1.29, 1.82) is 0 Å². The Morgan fingerprint density at radius 2 is 2.11 bits per heavy atom. The molecule has 1 aliphatic heterocycles.